The Morgan fingerprint density at radius 3 is 2.34 bits per heavy atom. The van der Waals surface area contributed by atoms with Crippen LogP contribution in [0.4, 0.5) is 4.79 Å². The second kappa shape index (κ2) is 13.1. The summed E-state index contributed by atoms with van der Waals surface area (Å²) in [5.74, 6) is 1.73. The van der Waals surface area contributed by atoms with Gasteiger partial charge in [0.05, 0.1) is 6.61 Å². The zero-order valence-electron chi connectivity index (χ0n) is 21.3. The number of aliphatic hydroxyl groups excluding tert-OH is 1. The minimum atomic E-state index is -1.24. The van der Waals surface area contributed by atoms with Gasteiger partial charge in [-0.1, -0.05) is 37.8 Å². The van der Waals surface area contributed by atoms with E-state index in [2.05, 4.69) is 23.5 Å². The molecule has 35 heavy (non-hydrogen) atoms. The molecule has 192 valence electrons. The molecule has 1 aliphatic rings. The molecule has 3 N–H and O–H groups in total. The van der Waals surface area contributed by atoms with Crippen LogP contribution >= 0.6 is 0 Å². The van der Waals surface area contributed by atoms with Crippen LogP contribution in [0.25, 0.3) is 0 Å². The Bertz CT molecular complexity index is 897. The molecule has 8 heteroatoms. The van der Waals surface area contributed by atoms with Crippen LogP contribution in [-0.4, -0.2) is 58.8 Å². The average molecular weight is 486 g/mol. The third-order valence-corrected chi connectivity index (χ3v) is 5.89. The number of carbonyl (C=O) groups is 3. The van der Waals surface area contributed by atoms with Crippen LogP contribution in [0.5, 0.6) is 0 Å². The highest BCUT2D eigenvalue weighted by molar-refractivity contribution is 5.92. The minimum Gasteiger partial charge on any atom is -0.444 e. The van der Waals surface area contributed by atoms with Gasteiger partial charge in [-0.15, -0.1) is 6.42 Å². The van der Waals surface area contributed by atoms with E-state index in [1.54, 1.807) is 45.0 Å². The Labute approximate surface area is 208 Å². The van der Waals surface area contributed by atoms with Crippen molar-refractivity contribution in [1.29, 1.82) is 0 Å². The van der Waals surface area contributed by atoms with Crippen molar-refractivity contribution in [3.8, 4) is 12.3 Å². The van der Waals surface area contributed by atoms with Crippen LogP contribution in [0.1, 0.15) is 83.4 Å². The molecule has 0 saturated heterocycles. The van der Waals surface area contributed by atoms with Crippen LogP contribution in [0.2, 0.25) is 0 Å². The lowest BCUT2D eigenvalue weighted by Gasteiger charge is -2.43. The van der Waals surface area contributed by atoms with E-state index >= 15 is 0 Å². The van der Waals surface area contributed by atoms with Gasteiger partial charge in [-0.25, -0.2) is 4.79 Å². The quantitative estimate of drug-likeness (QED) is 0.329. The number of nitrogens with one attached hydrogen (secondary N) is 2. The third kappa shape index (κ3) is 8.29. The SMILES string of the molecule is C#Cc1ccc(C(C(=O)NCCCCC)N(C(=O)C(CO)NC(=O)OC(C)(C)C)C2CCC2)cc1. The summed E-state index contributed by atoms with van der Waals surface area (Å²) in [5, 5.41) is 15.4. The fourth-order valence-electron chi connectivity index (χ4n) is 3.88. The van der Waals surface area contributed by atoms with Crippen LogP contribution < -0.4 is 10.6 Å². The standard InChI is InChI=1S/C27H39N3O5/c1-6-8-9-17-28-24(32)23(20-15-13-19(7-2)14-16-20)30(21-11-10-12-21)25(33)22(18-31)29-26(34)35-27(3,4)5/h2,13-16,21-23,31H,6,8-12,17-18H2,1,3-5H3,(H,28,32)(H,29,34). The maximum atomic E-state index is 13.7. The van der Waals surface area contributed by atoms with Crippen molar-refractivity contribution in [2.45, 2.75) is 89.9 Å². The summed E-state index contributed by atoms with van der Waals surface area (Å²) in [7, 11) is 0. The van der Waals surface area contributed by atoms with Crippen LogP contribution in [0.3, 0.4) is 0 Å². The molecule has 2 unspecified atom stereocenters. The average Bonchev–Trinajstić information content (AvgIpc) is 2.77. The molecule has 8 nitrogen and oxygen atoms in total. The zero-order chi connectivity index (χ0) is 26.0. The van der Waals surface area contributed by atoms with E-state index in [4.69, 9.17) is 11.2 Å². The highest BCUT2D eigenvalue weighted by atomic mass is 16.6. The molecular weight excluding hydrogens is 446 g/mol. The first-order chi connectivity index (χ1) is 16.6. The van der Waals surface area contributed by atoms with Crippen molar-refractivity contribution in [3.63, 3.8) is 0 Å². The Hall–Kier alpha value is -3.05. The van der Waals surface area contributed by atoms with Gasteiger partial charge < -0.3 is 25.4 Å². The summed E-state index contributed by atoms with van der Waals surface area (Å²) in [6.45, 7) is 7.09. The molecule has 2 atom stereocenters. The summed E-state index contributed by atoms with van der Waals surface area (Å²) in [6.07, 6.45) is 9.92. The Morgan fingerprint density at radius 1 is 1.20 bits per heavy atom. The number of hydrogen-bond donors (Lipinski definition) is 3. The van der Waals surface area contributed by atoms with Gasteiger partial charge in [0.15, 0.2) is 0 Å². The topological polar surface area (TPSA) is 108 Å². The van der Waals surface area contributed by atoms with E-state index in [1.807, 2.05) is 0 Å². The predicted octanol–water partition coefficient (Wildman–Crippen LogP) is 3.28. The number of nitrogens with zero attached hydrogens (tertiary/aromatic N) is 1. The molecule has 0 aliphatic heterocycles. The van der Waals surface area contributed by atoms with E-state index in [0.29, 0.717) is 17.7 Å². The van der Waals surface area contributed by atoms with Gasteiger partial charge in [-0.2, -0.15) is 0 Å². The lowest BCUT2D eigenvalue weighted by atomic mass is 9.88. The van der Waals surface area contributed by atoms with Gasteiger partial charge in [0.2, 0.25) is 11.8 Å². The molecule has 1 fully saturated rings. The lowest BCUT2D eigenvalue weighted by molar-refractivity contribution is -0.148. The maximum Gasteiger partial charge on any atom is 0.408 e. The van der Waals surface area contributed by atoms with Crippen LogP contribution in [0, 0.1) is 12.3 Å². The molecular formula is C27H39N3O5. The molecule has 1 aromatic rings. The third-order valence-electron chi connectivity index (χ3n) is 5.89. The molecule has 0 heterocycles. The smallest absolute Gasteiger partial charge is 0.408 e. The lowest BCUT2D eigenvalue weighted by Crippen LogP contribution is -2.58. The number of unbranched alkanes of at least 4 members (excludes halogenated alkanes) is 2. The summed E-state index contributed by atoms with van der Waals surface area (Å²) < 4.78 is 5.26. The number of terminal acetylenes is 1. The molecule has 0 radical (unpaired) electrons. The van der Waals surface area contributed by atoms with E-state index in [1.165, 1.54) is 4.90 Å². The van der Waals surface area contributed by atoms with Gasteiger partial charge in [0.1, 0.15) is 17.7 Å². The fraction of sp³-hybridized carbons (Fsp3) is 0.593. The highest BCUT2D eigenvalue weighted by Crippen LogP contribution is 2.33. The largest absolute Gasteiger partial charge is 0.444 e. The molecule has 3 amide bonds. The van der Waals surface area contributed by atoms with Crippen molar-refractivity contribution >= 4 is 17.9 Å². The fourth-order valence-corrected chi connectivity index (χ4v) is 3.88. The summed E-state index contributed by atoms with van der Waals surface area (Å²) in [4.78, 5) is 41.0. The highest BCUT2D eigenvalue weighted by Gasteiger charge is 2.41. The normalized spacial score (nSPS) is 15.2. The van der Waals surface area contributed by atoms with Gasteiger partial charge in [0.25, 0.3) is 0 Å². The molecule has 0 spiro atoms. The number of alkyl carbamates (subject to hydrolysis) is 1. The summed E-state index contributed by atoms with van der Waals surface area (Å²) in [5.41, 5.74) is 0.518. The molecule has 1 aromatic carbocycles. The number of hydrogen-bond acceptors (Lipinski definition) is 5. The number of ether oxygens (including phenoxy) is 1. The second-order valence-electron chi connectivity index (χ2n) is 9.88. The first-order valence-electron chi connectivity index (χ1n) is 12.4. The number of aliphatic hydroxyl groups is 1. The number of rotatable bonds is 11. The van der Waals surface area contributed by atoms with E-state index in [9.17, 15) is 19.5 Å². The van der Waals surface area contributed by atoms with E-state index in [0.717, 1.165) is 38.5 Å². The van der Waals surface area contributed by atoms with Gasteiger partial charge in [0, 0.05) is 18.2 Å². The monoisotopic (exact) mass is 485 g/mol. The van der Waals surface area contributed by atoms with E-state index < -0.39 is 36.3 Å². The number of benzene rings is 1. The van der Waals surface area contributed by atoms with Crippen molar-refractivity contribution in [2.75, 3.05) is 13.2 Å². The molecule has 0 aromatic heterocycles. The van der Waals surface area contributed by atoms with Crippen molar-refractivity contribution < 1.29 is 24.2 Å². The Balaban J connectivity index is 2.37. The summed E-state index contributed by atoms with van der Waals surface area (Å²) in [6, 6.07) is 4.62. The Morgan fingerprint density at radius 2 is 1.86 bits per heavy atom. The Kier molecular flexibility index (Phi) is 10.6. The number of amides is 3. The van der Waals surface area contributed by atoms with Gasteiger partial charge in [-0.3, -0.25) is 9.59 Å². The van der Waals surface area contributed by atoms with Crippen LogP contribution in [0.15, 0.2) is 24.3 Å². The van der Waals surface area contributed by atoms with Crippen molar-refractivity contribution in [2.24, 2.45) is 0 Å². The first-order valence-corrected chi connectivity index (χ1v) is 12.4. The summed E-state index contributed by atoms with van der Waals surface area (Å²) >= 11 is 0. The minimum absolute atomic E-state index is 0.185. The molecule has 2 rings (SSSR count). The first kappa shape index (κ1) is 28.2. The van der Waals surface area contributed by atoms with Crippen molar-refractivity contribution in [3.05, 3.63) is 35.4 Å². The number of carbonyl (C=O) groups excluding carboxylic acids is 3. The van der Waals surface area contributed by atoms with E-state index in [-0.39, 0.29) is 11.9 Å². The molecule has 1 saturated carbocycles. The maximum absolute atomic E-state index is 13.7. The second-order valence-corrected chi connectivity index (χ2v) is 9.88. The predicted molar refractivity (Wildman–Crippen MR) is 134 cm³/mol. The molecule has 0 bridgehead atoms. The van der Waals surface area contributed by atoms with Gasteiger partial charge >= 0.3 is 6.09 Å². The van der Waals surface area contributed by atoms with Crippen LogP contribution in [-0.2, 0) is 14.3 Å². The van der Waals surface area contributed by atoms with Gasteiger partial charge in [-0.05, 0) is 64.2 Å². The molecule has 1 aliphatic carbocycles. The van der Waals surface area contributed by atoms with Crippen molar-refractivity contribution in [1.82, 2.24) is 15.5 Å². The zero-order valence-corrected chi connectivity index (χ0v) is 21.3.